The van der Waals surface area contributed by atoms with Crippen molar-refractivity contribution in [3.8, 4) is 0 Å². The summed E-state index contributed by atoms with van der Waals surface area (Å²) in [5, 5.41) is 11.7. The molecule has 1 aliphatic rings. The molecule has 7 heteroatoms. The van der Waals surface area contributed by atoms with Gasteiger partial charge in [0.15, 0.2) is 0 Å². The molecule has 2 N–H and O–H groups in total. The fourth-order valence-electron chi connectivity index (χ4n) is 3.10. The summed E-state index contributed by atoms with van der Waals surface area (Å²) in [6.07, 6.45) is 1.45. The third-order valence-corrected chi connectivity index (χ3v) is 4.45. The number of carbonyl (C=O) groups excluding carboxylic acids is 2. The van der Waals surface area contributed by atoms with E-state index in [4.69, 9.17) is 9.52 Å². The van der Waals surface area contributed by atoms with Crippen LogP contribution in [0.5, 0.6) is 0 Å². The highest BCUT2D eigenvalue weighted by Gasteiger charge is 2.34. The van der Waals surface area contributed by atoms with E-state index in [0.717, 1.165) is 11.3 Å². The van der Waals surface area contributed by atoms with E-state index in [1.54, 1.807) is 11.8 Å². The van der Waals surface area contributed by atoms with Gasteiger partial charge in [-0.25, -0.2) is 0 Å². The van der Waals surface area contributed by atoms with Gasteiger partial charge in [-0.3, -0.25) is 14.4 Å². The van der Waals surface area contributed by atoms with E-state index in [9.17, 15) is 14.4 Å². The Kier molecular flexibility index (Phi) is 4.79. The van der Waals surface area contributed by atoms with Gasteiger partial charge in [-0.1, -0.05) is 17.7 Å². The van der Waals surface area contributed by atoms with Crippen LogP contribution in [0.4, 0.5) is 5.69 Å². The molecular weight excluding hydrogens is 336 g/mol. The Balaban J connectivity index is 1.73. The number of nitrogens with one attached hydrogen (secondary N) is 1. The number of anilines is 1. The van der Waals surface area contributed by atoms with Crippen molar-refractivity contribution in [3.05, 3.63) is 53.0 Å². The first-order chi connectivity index (χ1) is 12.4. The summed E-state index contributed by atoms with van der Waals surface area (Å²) in [5.41, 5.74) is 2.63. The van der Waals surface area contributed by atoms with Crippen LogP contribution in [0.3, 0.4) is 0 Å². The zero-order valence-corrected chi connectivity index (χ0v) is 14.6. The molecule has 7 nitrogen and oxygen atoms in total. The van der Waals surface area contributed by atoms with Crippen molar-refractivity contribution in [3.63, 3.8) is 0 Å². The minimum absolute atomic E-state index is 0.0911. The molecule has 0 aliphatic carbocycles. The van der Waals surface area contributed by atoms with Gasteiger partial charge in [0.25, 0.3) is 5.91 Å². The summed E-state index contributed by atoms with van der Waals surface area (Å²) < 4.78 is 5.18. The molecule has 1 aromatic carbocycles. The second kappa shape index (κ2) is 7.03. The highest BCUT2D eigenvalue weighted by molar-refractivity contribution is 6.04. The van der Waals surface area contributed by atoms with Crippen molar-refractivity contribution in [2.24, 2.45) is 0 Å². The summed E-state index contributed by atoms with van der Waals surface area (Å²) in [5.74, 6) is -1.66. The summed E-state index contributed by atoms with van der Waals surface area (Å²) in [6, 6.07) is 6.98. The summed E-state index contributed by atoms with van der Waals surface area (Å²) >= 11 is 0. The molecule has 1 aliphatic heterocycles. The molecule has 1 saturated heterocycles. The Morgan fingerprint density at radius 3 is 2.62 bits per heavy atom. The van der Waals surface area contributed by atoms with Crippen LogP contribution in [-0.2, 0) is 16.0 Å². The van der Waals surface area contributed by atoms with Crippen LogP contribution in [0.1, 0.15) is 33.7 Å². The van der Waals surface area contributed by atoms with E-state index < -0.39 is 17.9 Å². The van der Waals surface area contributed by atoms with Crippen LogP contribution >= 0.6 is 0 Å². The van der Waals surface area contributed by atoms with Crippen molar-refractivity contribution in [1.29, 1.82) is 0 Å². The lowest BCUT2D eigenvalue weighted by Gasteiger charge is -2.17. The van der Waals surface area contributed by atoms with E-state index in [0.29, 0.717) is 18.5 Å². The lowest BCUT2D eigenvalue weighted by atomic mass is 10.1. The van der Waals surface area contributed by atoms with Gasteiger partial charge in [0, 0.05) is 17.8 Å². The number of rotatable bonds is 5. The third-order valence-electron chi connectivity index (χ3n) is 4.45. The summed E-state index contributed by atoms with van der Waals surface area (Å²) in [7, 11) is 0. The topological polar surface area (TPSA) is 99.8 Å². The number of aryl methyl sites for hydroxylation is 2. The molecule has 2 amide bonds. The molecule has 3 rings (SSSR count). The van der Waals surface area contributed by atoms with Crippen LogP contribution in [-0.4, -0.2) is 35.5 Å². The van der Waals surface area contributed by atoms with Crippen LogP contribution < -0.4 is 10.2 Å². The zero-order chi connectivity index (χ0) is 18.8. The summed E-state index contributed by atoms with van der Waals surface area (Å²) in [4.78, 5) is 37.8. The van der Waals surface area contributed by atoms with Crippen molar-refractivity contribution in [2.75, 3.05) is 11.4 Å². The molecule has 2 aromatic rings. The minimum atomic E-state index is -1.09. The average molecular weight is 356 g/mol. The Morgan fingerprint density at radius 1 is 1.27 bits per heavy atom. The molecule has 136 valence electrons. The molecule has 0 saturated carbocycles. The molecule has 1 aromatic heterocycles. The standard InChI is InChI=1S/C19H20N2O5/c1-11-3-5-13(6-4-11)21-8-7-14(19(21)25)20-18(24)17-12(2)10-26-15(17)9-16(22)23/h3-6,10,14H,7-9H2,1-2H3,(H,20,24)(H,22,23). The quantitative estimate of drug-likeness (QED) is 0.854. The molecule has 1 atom stereocenters. The van der Waals surface area contributed by atoms with E-state index in [2.05, 4.69) is 5.32 Å². The monoisotopic (exact) mass is 356 g/mol. The molecule has 0 radical (unpaired) electrons. The fraction of sp³-hybridized carbons (Fsp3) is 0.316. The van der Waals surface area contributed by atoms with Gasteiger partial charge in [-0.05, 0) is 32.4 Å². The van der Waals surface area contributed by atoms with Crippen molar-refractivity contribution < 1.29 is 23.9 Å². The van der Waals surface area contributed by atoms with Crippen LogP contribution in [0.15, 0.2) is 34.9 Å². The predicted octanol–water partition coefficient (Wildman–Crippen LogP) is 2.06. The first kappa shape index (κ1) is 17.7. The zero-order valence-electron chi connectivity index (χ0n) is 14.6. The van der Waals surface area contributed by atoms with Gasteiger partial charge in [0.2, 0.25) is 5.91 Å². The number of hydrogen-bond donors (Lipinski definition) is 2. The highest BCUT2D eigenvalue weighted by atomic mass is 16.4. The van der Waals surface area contributed by atoms with E-state index >= 15 is 0 Å². The number of benzene rings is 1. The van der Waals surface area contributed by atoms with Gasteiger partial charge in [-0.2, -0.15) is 0 Å². The molecular formula is C19H20N2O5. The maximum atomic E-state index is 12.6. The molecule has 0 spiro atoms. The minimum Gasteiger partial charge on any atom is -0.481 e. The van der Waals surface area contributed by atoms with E-state index in [-0.39, 0.29) is 23.7 Å². The number of hydrogen-bond acceptors (Lipinski definition) is 4. The number of carboxylic acid groups (broad SMARTS) is 1. The Bertz CT molecular complexity index is 853. The first-order valence-corrected chi connectivity index (χ1v) is 8.34. The SMILES string of the molecule is Cc1ccc(N2CCC(NC(=O)c3c(C)coc3CC(=O)O)C2=O)cc1. The maximum Gasteiger partial charge on any atom is 0.311 e. The summed E-state index contributed by atoms with van der Waals surface area (Å²) in [6.45, 7) is 4.15. The second-order valence-electron chi connectivity index (χ2n) is 6.43. The number of amides is 2. The predicted molar refractivity (Wildman–Crippen MR) is 94.2 cm³/mol. The second-order valence-corrected chi connectivity index (χ2v) is 6.43. The van der Waals surface area contributed by atoms with Crippen molar-refractivity contribution in [2.45, 2.75) is 32.7 Å². The van der Waals surface area contributed by atoms with Crippen LogP contribution in [0.25, 0.3) is 0 Å². The molecule has 1 fully saturated rings. The lowest BCUT2D eigenvalue weighted by molar-refractivity contribution is -0.136. The molecule has 0 bridgehead atoms. The van der Waals surface area contributed by atoms with Gasteiger partial charge >= 0.3 is 5.97 Å². The third kappa shape index (κ3) is 3.46. The normalized spacial score (nSPS) is 16.8. The van der Waals surface area contributed by atoms with Gasteiger partial charge in [0.05, 0.1) is 11.8 Å². The fourth-order valence-corrected chi connectivity index (χ4v) is 3.10. The number of carbonyl (C=O) groups is 3. The smallest absolute Gasteiger partial charge is 0.311 e. The highest BCUT2D eigenvalue weighted by Crippen LogP contribution is 2.23. The number of nitrogens with zero attached hydrogens (tertiary/aromatic N) is 1. The first-order valence-electron chi connectivity index (χ1n) is 8.34. The van der Waals surface area contributed by atoms with Crippen LogP contribution in [0.2, 0.25) is 0 Å². The molecule has 2 heterocycles. The molecule has 1 unspecified atom stereocenters. The van der Waals surface area contributed by atoms with Crippen molar-refractivity contribution in [1.82, 2.24) is 5.32 Å². The maximum absolute atomic E-state index is 12.6. The Hall–Kier alpha value is -3.09. The van der Waals surface area contributed by atoms with Gasteiger partial charge in [0.1, 0.15) is 18.2 Å². The van der Waals surface area contributed by atoms with Gasteiger partial charge < -0.3 is 19.7 Å². The van der Waals surface area contributed by atoms with Crippen LogP contribution in [0, 0.1) is 13.8 Å². The average Bonchev–Trinajstić information content (AvgIpc) is 3.11. The Morgan fingerprint density at radius 2 is 1.96 bits per heavy atom. The van der Waals surface area contributed by atoms with E-state index in [1.165, 1.54) is 6.26 Å². The van der Waals surface area contributed by atoms with E-state index in [1.807, 2.05) is 31.2 Å². The Labute approximate surface area is 150 Å². The number of furan rings is 1. The van der Waals surface area contributed by atoms with Crippen molar-refractivity contribution >= 4 is 23.5 Å². The molecule has 26 heavy (non-hydrogen) atoms. The number of aliphatic carboxylic acids is 1. The van der Waals surface area contributed by atoms with Gasteiger partial charge in [-0.15, -0.1) is 0 Å². The number of carboxylic acids is 1. The largest absolute Gasteiger partial charge is 0.481 e. The lowest BCUT2D eigenvalue weighted by Crippen LogP contribution is -2.42.